The lowest BCUT2D eigenvalue weighted by atomic mass is 10.0. The van der Waals surface area contributed by atoms with E-state index in [4.69, 9.17) is 0 Å². The van der Waals surface area contributed by atoms with Crippen LogP contribution in [0.2, 0.25) is 0 Å². The summed E-state index contributed by atoms with van der Waals surface area (Å²) in [4.78, 5) is 4.53. The van der Waals surface area contributed by atoms with Gasteiger partial charge >= 0.3 is 0 Å². The third kappa shape index (κ3) is 2.79. The molecule has 0 aliphatic heterocycles. The molecule has 2 nitrogen and oxygen atoms in total. The molecule has 1 aromatic carbocycles. The molecule has 1 aliphatic carbocycles. The molecular weight excluding hydrogens is 244 g/mol. The second-order valence-electron chi connectivity index (χ2n) is 6.28. The van der Waals surface area contributed by atoms with Gasteiger partial charge in [0.05, 0.1) is 5.52 Å². The van der Waals surface area contributed by atoms with E-state index in [-0.39, 0.29) is 0 Å². The summed E-state index contributed by atoms with van der Waals surface area (Å²) in [5.41, 5.74) is 3.62. The third-order valence-corrected chi connectivity index (χ3v) is 4.59. The zero-order valence-corrected chi connectivity index (χ0v) is 12.5. The van der Waals surface area contributed by atoms with Crippen LogP contribution < -0.4 is 5.32 Å². The summed E-state index contributed by atoms with van der Waals surface area (Å²) in [6, 6.07) is 9.22. The monoisotopic (exact) mass is 268 g/mol. The van der Waals surface area contributed by atoms with Crippen molar-refractivity contribution >= 4 is 16.6 Å². The van der Waals surface area contributed by atoms with Gasteiger partial charge in [0.2, 0.25) is 0 Å². The summed E-state index contributed by atoms with van der Waals surface area (Å²) < 4.78 is 0. The van der Waals surface area contributed by atoms with Gasteiger partial charge in [0.15, 0.2) is 0 Å². The summed E-state index contributed by atoms with van der Waals surface area (Å²) in [5.74, 6) is 0.887. The molecule has 1 aliphatic rings. The van der Waals surface area contributed by atoms with Crippen LogP contribution in [0.1, 0.15) is 44.6 Å². The Balaban J connectivity index is 1.85. The lowest BCUT2D eigenvalue weighted by molar-refractivity contribution is 0.502. The van der Waals surface area contributed by atoms with Crippen molar-refractivity contribution in [2.45, 2.75) is 52.0 Å². The normalized spacial score (nSPS) is 23.5. The van der Waals surface area contributed by atoms with Crippen molar-refractivity contribution in [3.05, 3.63) is 36.0 Å². The number of aryl methyl sites for hydroxylation is 1. The molecule has 20 heavy (non-hydrogen) atoms. The minimum Gasteiger partial charge on any atom is -0.382 e. The molecule has 106 valence electrons. The van der Waals surface area contributed by atoms with Crippen LogP contribution in [0, 0.1) is 12.8 Å². The molecule has 1 aromatic heterocycles. The average Bonchev–Trinajstić information content (AvgIpc) is 2.67. The van der Waals surface area contributed by atoms with Crippen LogP contribution in [-0.4, -0.2) is 11.0 Å². The van der Waals surface area contributed by atoms with Crippen LogP contribution in [0.25, 0.3) is 10.9 Å². The number of nitrogens with one attached hydrogen (secondary N) is 1. The molecule has 2 heteroatoms. The maximum absolute atomic E-state index is 4.53. The Morgan fingerprint density at radius 3 is 2.90 bits per heavy atom. The molecule has 0 radical (unpaired) electrons. The fourth-order valence-corrected chi connectivity index (χ4v) is 3.29. The van der Waals surface area contributed by atoms with Crippen LogP contribution in [-0.2, 0) is 0 Å². The lowest BCUT2D eigenvalue weighted by Crippen LogP contribution is -2.18. The largest absolute Gasteiger partial charge is 0.382 e. The Morgan fingerprint density at radius 2 is 2.00 bits per heavy atom. The van der Waals surface area contributed by atoms with Gasteiger partial charge in [0, 0.05) is 23.3 Å². The van der Waals surface area contributed by atoms with Crippen molar-refractivity contribution in [2.75, 3.05) is 5.32 Å². The molecule has 2 atom stereocenters. The highest BCUT2D eigenvalue weighted by Gasteiger charge is 2.16. The minimum absolute atomic E-state index is 0.617. The Kier molecular flexibility index (Phi) is 3.90. The van der Waals surface area contributed by atoms with E-state index in [9.17, 15) is 0 Å². The van der Waals surface area contributed by atoms with Gasteiger partial charge in [-0.3, -0.25) is 4.98 Å². The standard InChI is InChI=1S/C18H24N2/c1-13-5-3-6-15(10-8-13)20-17-11-9-14(2)18-16(17)7-4-12-19-18/h4,7,9,11-13,15,20H,3,5-6,8,10H2,1-2H3. The molecule has 0 amide bonds. The summed E-state index contributed by atoms with van der Waals surface area (Å²) in [5, 5.41) is 5.03. The number of fused-ring (bicyclic) bond motifs is 1. The molecular formula is C18H24N2. The highest BCUT2D eigenvalue weighted by Crippen LogP contribution is 2.29. The highest BCUT2D eigenvalue weighted by atomic mass is 14.9. The molecule has 0 spiro atoms. The maximum atomic E-state index is 4.53. The van der Waals surface area contributed by atoms with Crippen LogP contribution >= 0.6 is 0 Å². The van der Waals surface area contributed by atoms with Gasteiger partial charge in [-0.25, -0.2) is 0 Å². The summed E-state index contributed by atoms with van der Waals surface area (Å²) >= 11 is 0. The van der Waals surface area contributed by atoms with Crippen molar-refractivity contribution in [1.82, 2.24) is 4.98 Å². The van der Waals surface area contributed by atoms with Gasteiger partial charge in [-0.1, -0.05) is 25.8 Å². The van der Waals surface area contributed by atoms with E-state index in [1.54, 1.807) is 0 Å². The number of nitrogens with zero attached hydrogens (tertiary/aromatic N) is 1. The Morgan fingerprint density at radius 1 is 1.10 bits per heavy atom. The van der Waals surface area contributed by atoms with Gasteiger partial charge in [-0.05, 0) is 55.9 Å². The first-order valence-electron chi connectivity index (χ1n) is 7.85. The molecule has 2 unspecified atom stereocenters. The van der Waals surface area contributed by atoms with Crippen molar-refractivity contribution in [3.63, 3.8) is 0 Å². The van der Waals surface area contributed by atoms with E-state index in [0.717, 1.165) is 11.4 Å². The predicted octanol–water partition coefficient (Wildman–Crippen LogP) is 4.92. The van der Waals surface area contributed by atoms with Gasteiger partial charge in [0.25, 0.3) is 0 Å². The first kappa shape index (κ1) is 13.4. The number of hydrogen-bond acceptors (Lipinski definition) is 2. The Bertz CT molecular complexity index is 591. The van der Waals surface area contributed by atoms with Crippen LogP contribution in [0.3, 0.4) is 0 Å². The molecule has 3 rings (SSSR count). The van der Waals surface area contributed by atoms with E-state index in [1.807, 2.05) is 12.3 Å². The lowest BCUT2D eigenvalue weighted by Gasteiger charge is -2.19. The first-order chi connectivity index (χ1) is 9.74. The fraction of sp³-hybridized carbons (Fsp3) is 0.500. The van der Waals surface area contributed by atoms with E-state index >= 15 is 0 Å². The van der Waals surface area contributed by atoms with Crippen molar-refractivity contribution in [3.8, 4) is 0 Å². The van der Waals surface area contributed by atoms with Gasteiger partial charge < -0.3 is 5.32 Å². The van der Waals surface area contributed by atoms with E-state index < -0.39 is 0 Å². The van der Waals surface area contributed by atoms with E-state index in [1.165, 1.54) is 48.7 Å². The van der Waals surface area contributed by atoms with Crippen molar-refractivity contribution in [2.24, 2.45) is 5.92 Å². The minimum atomic E-state index is 0.617. The summed E-state index contributed by atoms with van der Waals surface area (Å²) in [6.07, 6.45) is 8.54. The molecule has 0 bridgehead atoms. The number of pyridine rings is 1. The van der Waals surface area contributed by atoms with E-state index in [2.05, 4.69) is 42.3 Å². The molecule has 1 N–H and O–H groups in total. The number of anilines is 1. The van der Waals surface area contributed by atoms with Crippen LogP contribution in [0.5, 0.6) is 0 Å². The zero-order chi connectivity index (χ0) is 13.9. The zero-order valence-electron chi connectivity index (χ0n) is 12.5. The summed E-state index contributed by atoms with van der Waals surface area (Å²) in [6.45, 7) is 4.51. The second-order valence-corrected chi connectivity index (χ2v) is 6.28. The maximum Gasteiger partial charge on any atom is 0.0751 e. The number of rotatable bonds is 2. The molecule has 2 aromatic rings. The number of aromatic nitrogens is 1. The third-order valence-electron chi connectivity index (χ3n) is 4.59. The summed E-state index contributed by atoms with van der Waals surface area (Å²) in [7, 11) is 0. The number of benzene rings is 1. The fourth-order valence-electron chi connectivity index (χ4n) is 3.29. The average molecular weight is 268 g/mol. The Hall–Kier alpha value is -1.57. The topological polar surface area (TPSA) is 24.9 Å². The second kappa shape index (κ2) is 5.82. The molecule has 0 saturated heterocycles. The van der Waals surface area contributed by atoms with Gasteiger partial charge in [-0.2, -0.15) is 0 Å². The predicted molar refractivity (Wildman–Crippen MR) is 86.1 cm³/mol. The molecule has 1 heterocycles. The highest BCUT2D eigenvalue weighted by molar-refractivity contribution is 5.93. The van der Waals surface area contributed by atoms with Crippen molar-refractivity contribution in [1.29, 1.82) is 0 Å². The van der Waals surface area contributed by atoms with Crippen LogP contribution in [0.4, 0.5) is 5.69 Å². The molecule has 1 fully saturated rings. The quantitative estimate of drug-likeness (QED) is 0.782. The first-order valence-corrected chi connectivity index (χ1v) is 7.85. The van der Waals surface area contributed by atoms with Crippen molar-refractivity contribution < 1.29 is 0 Å². The van der Waals surface area contributed by atoms with Gasteiger partial charge in [0.1, 0.15) is 0 Å². The van der Waals surface area contributed by atoms with E-state index in [0.29, 0.717) is 6.04 Å². The number of hydrogen-bond donors (Lipinski definition) is 1. The van der Waals surface area contributed by atoms with Gasteiger partial charge in [-0.15, -0.1) is 0 Å². The smallest absolute Gasteiger partial charge is 0.0751 e. The molecule has 1 saturated carbocycles. The van der Waals surface area contributed by atoms with Crippen LogP contribution in [0.15, 0.2) is 30.5 Å². The SMILES string of the molecule is Cc1ccc(NC2CCCC(C)CC2)c2cccnc12. The Labute approximate surface area is 121 Å².